The summed E-state index contributed by atoms with van der Waals surface area (Å²) in [5, 5.41) is 16.6. The Bertz CT molecular complexity index is 787. The van der Waals surface area contributed by atoms with Crippen LogP contribution in [-0.2, 0) is 9.59 Å². The van der Waals surface area contributed by atoms with E-state index in [9.17, 15) is 9.59 Å². The number of amides is 1. The number of benzene rings is 1. The first-order valence-corrected chi connectivity index (χ1v) is 7.95. The van der Waals surface area contributed by atoms with Crippen molar-refractivity contribution in [3.63, 3.8) is 0 Å². The van der Waals surface area contributed by atoms with Crippen LogP contribution in [0.1, 0.15) is 12.2 Å². The first kappa shape index (κ1) is 16.0. The van der Waals surface area contributed by atoms with E-state index in [1.165, 1.54) is 17.4 Å². The maximum absolute atomic E-state index is 12.5. The molecule has 24 heavy (non-hydrogen) atoms. The molecule has 2 heterocycles. The predicted molar refractivity (Wildman–Crippen MR) is 91.3 cm³/mol. The highest BCUT2D eigenvalue weighted by atomic mass is 32.2. The molecular weight excluding hydrogens is 330 g/mol. The van der Waals surface area contributed by atoms with Crippen LogP contribution in [0.2, 0.25) is 0 Å². The number of amidine groups is 1. The van der Waals surface area contributed by atoms with Crippen LogP contribution < -0.4 is 4.90 Å². The van der Waals surface area contributed by atoms with Crippen LogP contribution in [0.15, 0.2) is 63.3 Å². The number of hydrogen-bond donors (Lipinski definition) is 1. The van der Waals surface area contributed by atoms with E-state index in [1.807, 2.05) is 6.07 Å². The minimum atomic E-state index is -1.03. The average molecular weight is 343 g/mol. The van der Waals surface area contributed by atoms with E-state index >= 15 is 0 Å². The Morgan fingerprint density at radius 3 is 2.75 bits per heavy atom. The van der Waals surface area contributed by atoms with Crippen molar-refractivity contribution in [2.45, 2.75) is 11.7 Å². The fraction of sp³-hybridized carbons (Fsp3) is 0.125. The Kier molecular flexibility index (Phi) is 4.76. The number of aliphatic carboxylic acids is 1. The van der Waals surface area contributed by atoms with E-state index in [0.29, 0.717) is 16.6 Å². The zero-order valence-corrected chi connectivity index (χ0v) is 13.2. The molecule has 0 saturated carbocycles. The minimum absolute atomic E-state index is 0.270. The number of para-hydroxylation sites is 1. The molecule has 0 radical (unpaired) electrons. The first-order chi connectivity index (χ1) is 11.6. The molecule has 7 nitrogen and oxygen atoms in total. The lowest BCUT2D eigenvalue weighted by atomic mass is 10.2. The van der Waals surface area contributed by atoms with Crippen molar-refractivity contribution in [1.29, 1.82) is 0 Å². The number of rotatable bonds is 5. The fourth-order valence-electron chi connectivity index (χ4n) is 2.14. The molecular formula is C16H13N3O4S. The normalized spacial score (nSPS) is 19.5. The second kappa shape index (κ2) is 7.14. The van der Waals surface area contributed by atoms with E-state index in [4.69, 9.17) is 9.52 Å². The summed E-state index contributed by atoms with van der Waals surface area (Å²) >= 11 is 1.09. The third-order valence-electron chi connectivity index (χ3n) is 3.18. The van der Waals surface area contributed by atoms with Gasteiger partial charge in [-0.2, -0.15) is 5.10 Å². The van der Waals surface area contributed by atoms with Gasteiger partial charge in [0, 0.05) is 0 Å². The fourth-order valence-corrected chi connectivity index (χ4v) is 3.22. The summed E-state index contributed by atoms with van der Waals surface area (Å²) in [6.45, 7) is 0. The van der Waals surface area contributed by atoms with Gasteiger partial charge in [0.1, 0.15) is 11.0 Å². The van der Waals surface area contributed by atoms with Gasteiger partial charge >= 0.3 is 5.97 Å². The van der Waals surface area contributed by atoms with E-state index in [0.717, 1.165) is 11.8 Å². The summed E-state index contributed by atoms with van der Waals surface area (Å²) in [5.41, 5.74) is 0.620. The number of carbonyl (C=O) groups is 2. The van der Waals surface area contributed by atoms with E-state index in [1.54, 1.807) is 36.4 Å². The monoisotopic (exact) mass is 343 g/mol. The molecule has 1 aliphatic rings. The van der Waals surface area contributed by atoms with E-state index in [-0.39, 0.29) is 12.3 Å². The van der Waals surface area contributed by atoms with Gasteiger partial charge in [0.15, 0.2) is 5.17 Å². The van der Waals surface area contributed by atoms with Gasteiger partial charge in [-0.1, -0.05) is 30.0 Å². The third-order valence-corrected chi connectivity index (χ3v) is 4.31. The van der Waals surface area contributed by atoms with Crippen LogP contribution in [0.25, 0.3) is 0 Å². The van der Waals surface area contributed by atoms with Gasteiger partial charge < -0.3 is 9.52 Å². The number of carboxylic acid groups (broad SMARTS) is 1. The van der Waals surface area contributed by atoms with Gasteiger partial charge in [-0.15, -0.1) is 5.10 Å². The topological polar surface area (TPSA) is 95.5 Å². The number of furan rings is 1. The smallest absolute Gasteiger partial charge is 0.305 e. The largest absolute Gasteiger partial charge is 0.481 e. The summed E-state index contributed by atoms with van der Waals surface area (Å²) in [6.07, 6.45) is 2.67. The van der Waals surface area contributed by atoms with Crippen molar-refractivity contribution < 1.29 is 19.1 Å². The quantitative estimate of drug-likeness (QED) is 0.665. The van der Waals surface area contributed by atoms with E-state index < -0.39 is 11.2 Å². The third kappa shape index (κ3) is 3.54. The molecule has 1 aromatic heterocycles. The van der Waals surface area contributed by atoms with Crippen molar-refractivity contribution in [1.82, 2.24) is 0 Å². The molecule has 2 aromatic rings. The van der Waals surface area contributed by atoms with Crippen molar-refractivity contribution >= 4 is 40.7 Å². The van der Waals surface area contributed by atoms with Crippen LogP contribution in [0.4, 0.5) is 5.69 Å². The summed E-state index contributed by atoms with van der Waals surface area (Å²) in [5.74, 6) is -0.822. The van der Waals surface area contributed by atoms with Gasteiger partial charge in [-0.05, 0) is 24.3 Å². The van der Waals surface area contributed by atoms with Gasteiger partial charge in [0.05, 0.1) is 24.6 Å². The Labute approximate surface area is 141 Å². The zero-order chi connectivity index (χ0) is 16.9. The number of thioether (sulfide) groups is 1. The highest BCUT2D eigenvalue weighted by Crippen LogP contribution is 2.33. The average Bonchev–Trinajstić information content (AvgIpc) is 3.17. The minimum Gasteiger partial charge on any atom is -0.481 e. The molecule has 1 unspecified atom stereocenters. The number of hydrogen-bond acceptors (Lipinski definition) is 6. The van der Waals surface area contributed by atoms with Crippen LogP contribution in [0, 0.1) is 0 Å². The number of anilines is 1. The molecule has 1 aliphatic heterocycles. The molecule has 1 saturated heterocycles. The lowest BCUT2D eigenvalue weighted by molar-refractivity contribution is -0.138. The molecule has 1 fully saturated rings. The Balaban J connectivity index is 1.88. The van der Waals surface area contributed by atoms with Crippen molar-refractivity contribution in [2.75, 3.05) is 4.90 Å². The van der Waals surface area contributed by atoms with Crippen LogP contribution in [-0.4, -0.2) is 33.6 Å². The summed E-state index contributed by atoms with van der Waals surface area (Å²) in [6, 6.07) is 12.4. The van der Waals surface area contributed by atoms with Gasteiger partial charge in [-0.25, -0.2) is 0 Å². The lowest BCUT2D eigenvalue weighted by Crippen LogP contribution is -2.32. The summed E-state index contributed by atoms with van der Waals surface area (Å²) < 4.78 is 5.12. The maximum atomic E-state index is 12.5. The molecule has 0 bridgehead atoms. The maximum Gasteiger partial charge on any atom is 0.305 e. The lowest BCUT2D eigenvalue weighted by Gasteiger charge is -2.15. The Hall–Kier alpha value is -2.87. The number of carboxylic acids is 1. The van der Waals surface area contributed by atoms with Crippen LogP contribution >= 0.6 is 11.8 Å². The first-order valence-electron chi connectivity index (χ1n) is 7.07. The summed E-state index contributed by atoms with van der Waals surface area (Å²) in [4.78, 5) is 24.9. The second-order valence-corrected chi connectivity index (χ2v) is 6.03. The standard InChI is InChI=1S/C16H13N3O4S/c20-14(21)9-13-15(22)19(11-5-2-1-3-6-11)16(24-13)18-17-10-12-7-4-8-23-12/h1-8,10,13H,9H2,(H,20,21)/b17-10-,18-16+. The second-order valence-electron chi connectivity index (χ2n) is 4.86. The molecule has 1 aromatic carbocycles. The van der Waals surface area contributed by atoms with Gasteiger partial charge in [0.2, 0.25) is 5.91 Å². The zero-order valence-electron chi connectivity index (χ0n) is 12.4. The van der Waals surface area contributed by atoms with E-state index in [2.05, 4.69) is 10.2 Å². The molecule has 3 rings (SSSR count). The van der Waals surface area contributed by atoms with Gasteiger partial charge in [-0.3, -0.25) is 14.5 Å². The van der Waals surface area contributed by atoms with Gasteiger partial charge in [0.25, 0.3) is 0 Å². The van der Waals surface area contributed by atoms with Crippen molar-refractivity contribution in [3.05, 3.63) is 54.5 Å². The molecule has 0 aliphatic carbocycles. The molecule has 8 heteroatoms. The van der Waals surface area contributed by atoms with Crippen LogP contribution in [0.3, 0.4) is 0 Å². The molecule has 1 amide bonds. The highest BCUT2D eigenvalue weighted by Gasteiger charge is 2.40. The molecule has 1 atom stereocenters. The number of nitrogens with zero attached hydrogens (tertiary/aromatic N) is 3. The van der Waals surface area contributed by atoms with Crippen LogP contribution in [0.5, 0.6) is 0 Å². The molecule has 122 valence electrons. The van der Waals surface area contributed by atoms with Crippen molar-refractivity contribution in [3.8, 4) is 0 Å². The highest BCUT2D eigenvalue weighted by molar-refractivity contribution is 8.16. The Morgan fingerprint density at radius 1 is 1.29 bits per heavy atom. The number of carbonyl (C=O) groups excluding carboxylic acids is 1. The predicted octanol–water partition coefficient (Wildman–Crippen LogP) is 2.59. The molecule has 1 N–H and O–H groups in total. The SMILES string of the molecule is O=C(O)CC1S/C(=N/N=C\c2ccco2)N(c2ccccc2)C1=O. The Morgan fingerprint density at radius 2 is 2.08 bits per heavy atom. The van der Waals surface area contributed by atoms with Crippen molar-refractivity contribution in [2.24, 2.45) is 10.2 Å². The molecule has 0 spiro atoms. The summed E-state index contributed by atoms with van der Waals surface area (Å²) in [7, 11) is 0.